The first-order chi connectivity index (χ1) is 6.52. The lowest BCUT2D eigenvalue weighted by atomic mass is 9.99. The Labute approximate surface area is 83.0 Å². The molecule has 0 rings (SSSR count). The van der Waals surface area contributed by atoms with Crippen LogP contribution in [0.1, 0.15) is 20.3 Å². The number of nitrogens with zero attached hydrogens (tertiary/aromatic N) is 1. The van der Waals surface area contributed by atoms with E-state index in [2.05, 4.69) is 10.1 Å². The van der Waals surface area contributed by atoms with E-state index in [9.17, 15) is 9.59 Å². The molecule has 0 aromatic carbocycles. The van der Waals surface area contributed by atoms with Crippen molar-refractivity contribution < 1.29 is 14.3 Å². The van der Waals surface area contributed by atoms with Gasteiger partial charge >= 0.3 is 5.97 Å². The first-order valence-corrected chi connectivity index (χ1v) is 4.24. The van der Waals surface area contributed by atoms with E-state index in [1.807, 2.05) is 6.07 Å². The van der Waals surface area contributed by atoms with Gasteiger partial charge in [-0.15, -0.1) is 0 Å². The number of esters is 1. The van der Waals surface area contributed by atoms with Crippen LogP contribution in [0.3, 0.4) is 0 Å². The standard InChI is InChI=1S/C9H14N2O3/c1-6(4-5-10)8(9(13)14-3)11-7(2)12/h6,8H,4H2,1-3H3,(H,11,12)/t6-,8-/m1/s1. The van der Waals surface area contributed by atoms with E-state index in [0.29, 0.717) is 0 Å². The fourth-order valence-corrected chi connectivity index (χ4v) is 1.04. The van der Waals surface area contributed by atoms with Gasteiger partial charge in [0, 0.05) is 19.3 Å². The van der Waals surface area contributed by atoms with Crippen molar-refractivity contribution in [1.29, 1.82) is 5.26 Å². The third kappa shape index (κ3) is 3.90. The van der Waals surface area contributed by atoms with Crippen LogP contribution in [0.5, 0.6) is 0 Å². The minimum atomic E-state index is -0.739. The number of hydrogen-bond donors (Lipinski definition) is 1. The molecule has 14 heavy (non-hydrogen) atoms. The maximum Gasteiger partial charge on any atom is 0.328 e. The van der Waals surface area contributed by atoms with E-state index in [4.69, 9.17) is 5.26 Å². The number of methoxy groups -OCH3 is 1. The van der Waals surface area contributed by atoms with Crippen molar-refractivity contribution in [3.8, 4) is 6.07 Å². The summed E-state index contributed by atoms with van der Waals surface area (Å²) in [5.41, 5.74) is 0. The van der Waals surface area contributed by atoms with E-state index in [1.54, 1.807) is 6.92 Å². The summed E-state index contributed by atoms with van der Waals surface area (Å²) in [4.78, 5) is 22.0. The highest BCUT2D eigenvalue weighted by molar-refractivity contribution is 5.83. The summed E-state index contributed by atoms with van der Waals surface area (Å²) in [6.45, 7) is 3.02. The molecule has 2 atom stereocenters. The third-order valence-corrected chi connectivity index (χ3v) is 1.80. The Morgan fingerprint density at radius 2 is 2.14 bits per heavy atom. The Balaban J connectivity index is 4.46. The van der Waals surface area contributed by atoms with Crippen LogP contribution in [0, 0.1) is 17.2 Å². The number of carbonyl (C=O) groups is 2. The topological polar surface area (TPSA) is 79.2 Å². The van der Waals surface area contributed by atoms with Crippen LogP contribution in [0.25, 0.3) is 0 Å². The van der Waals surface area contributed by atoms with Crippen LogP contribution in [-0.4, -0.2) is 25.0 Å². The molecule has 0 bridgehead atoms. The Hall–Kier alpha value is -1.57. The number of ether oxygens (including phenoxy) is 1. The largest absolute Gasteiger partial charge is 0.467 e. The van der Waals surface area contributed by atoms with Gasteiger partial charge in [0.1, 0.15) is 6.04 Å². The van der Waals surface area contributed by atoms with Crippen LogP contribution in [0.4, 0.5) is 0 Å². The zero-order chi connectivity index (χ0) is 11.1. The molecular formula is C9H14N2O3. The molecule has 5 heteroatoms. The predicted molar refractivity (Wildman–Crippen MR) is 49.0 cm³/mol. The zero-order valence-corrected chi connectivity index (χ0v) is 8.53. The molecule has 78 valence electrons. The third-order valence-electron chi connectivity index (χ3n) is 1.80. The van der Waals surface area contributed by atoms with Crippen LogP contribution in [0.2, 0.25) is 0 Å². The van der Waals surface area contributed by atoms with Gasteiger partial charge in [0.15, 0.2) is 0 Å². The van der Waals surface area contributed by atoms with Gasteiger partial charge < -0.3 is 10.1 Å². The Bertz CT molecular complexity index is 257. The number of nitriles is 1. The SMILES string of the molecule is COC(=O)[C@H](NC(C)=O)[C@H](C)CC#N. The van der Waals surface area contributed by atoms with E-state index in [1.165, 1.54) is 14.0 Å². The van der Waals surface area contributed by atoms with Gasteiger partial charge in [-0.25, -0.2) is 4.79 Å². The van der Waals surface area contributed by atoms with Gasteiger partial charge in [-0.05, 0) is 0 Å². The van der Waals surface area contributed by atoms with Gasteiger partial charge in [0.2, 0.25) is 5.91 Å². The normalized spacial score (nSPS) is 13.6. The lowest BCUT2D eigenvalue weighted by Crippen LogP contribution is -2.44. The quantitative estimate of drug-likeness (QED) is 0.655. The van der Waals surface area contributed by atoms with Crippen molar-refractivity contribution >= 4 is 11.9 Å². The molecule has 0 aliphatic rings. The first-order valence-electron chi connectivity index (χ1n) is 4.24. The zero-order valence-electron chi connectivity index (χ0n) is 8.53. The molecule has 0 aliphatic carbocycles. The van der Waals surface area contributed by atoms with Crippen LogP contribution >= 0.6 is 0 Å². The summed E-state index contributed by atoms with van der Waals surface area (Å²) in [5, 5.41) is 10.9. The smallest absolute Gasteiger partial charge is 0.328 e. The minimum absolute atomic E-state index is 0.194. The Morgan fingerprint density at radius 1 is 1.57 bits per heavy atom. The van der Waals surface area contributed by atoms with E-state index < -0.39 is 12.0 Å². The Morgan fingerprint density at radius 3 is 2.50 bits per heavy atom. The first kappa shape index (κ1) is 12.4. The summed E-state index contributed by atoms with van der Waals surface area (Å²) in [5.74, 6) is -1.09. The number of amides is 1. The Kier molecular flexibility index (Phi) is 5.30. The molecular weight excluding hydrogens is 184 g/mol. The van der Waals surface area contributed by atoms with Gasteiger partial charge in [-0.2, -0.15) is 5.26 Å². The van der Waals surface area contributed by atoms with Crippen molar-refractivity contribution in [3.63, 3.8) is 0 Å². The second-order valence-electron chi connectivity index (χ2n) is 3.04. The molecule has 1 N–H and O–H groups in total. The van der Waals surface area contributed by atoms with Crippen LogP contribution < -0.4 is 5.32 Å². The van der Waals surface area contributed by atoms with E-state index in [0.717, 1.165) is 0 Å². The molecule has 0 aromatic rings. The molecule has 0 spiro atoms. The molecule has 0 unspecified atom stereocenters. The fourth-order valence-electron chi connectivity index (χ4n) is 1.04. The summed E-state index contributed by atoms with van der Waals surface area (Å²) < 4.78 is 4.52. The minimum Gasteiger partial charge on any atom is -0.467 e. The van der Waals surface area contributed by atoms with Crippen molar-refractivity contribution in [2.75, 3.05) is 7.11 Å². The van der Waals surface area contributed by atoms with Gasteiger partial charge in [0.05, 0.1) is 13.2 Å². The van der Waals surface area contributed by atoms with Gasteiger partial charge in [-0.3, -0.25) is 4.79 Å². The predicted octanol–water partition coefficient (Wildman–Crippen LogP) is 0.214. The second kappa shape index (κ2) is 5.97. The number of rotatable bonds is 4. The highest BCUT2D eigenvalue weighted by Gasteiger charge is 2.26. The highest BCUT2D eigenvalue weighted by Crippen LogP contribution is 2.08. The monoisotopic (exact) mass is 198 g/mol. The maximum absolute atomic E-state index is 11.2. The van der Waals surface area contributed by atoms with Crippen LogP contribution in [0.15, 0.2) is 0 Å². The summed E-state index contributed by atoms with van der Waals surface area (Å²) in [7, 11) is 1.25. The van der Waals surface area contributed by atoms with Gasteiger partial charge in [-0.1, -0.05) is 6.92 Å². The molecule has 0 radical (unpaired) electrons. The van der Waals surface area contributed by atoms with Crippen molar-refractivity contribution in [2.45, 2.75) is 26.3 Å². The van der Waals surface area contributed by atoms with E-state index in [-0.39, 0.29) is 18.2 Å². The average Bonchev–Trinajstić information content (AvgIpc) is 2.13. The molecule has 0 aromatic heterocycles. The lowest BCUT2D eigenvalue weighted by Gasteiger charge is -2.19. The summed E-state index contributed by atoms with van der Waals surface area (Å²) >= 11 is 0. The molecule has 0 fully saturated rings. The van der Waals surface area contributed by atoms with Gasteiger partial charge in [0.25, 0.3) is 0 Å². The summed E-state index contributed by atoms with van der Waals surface area (Å²) in [6.07, 6.45) is 0.194. The molecule has 0 saturated heterocycles. The van der Waals surface area contributed by atoms with E-state index >= 15 is 0 Å². The number of carbonyl (C=O) groups excluding carboxylic acids is 2. The van der Waals surface area contributed by atoms with Crippen LogP contribution in [-0.2, 0) is 14.3 Å². The van der Waals surface area contributed by atoms with Crippen molar-refractivity contribution in [2.24, 2.45) is 5.92 Å². The molecule has 0 saturated carbocycles. The average molecular weight is 198 g/mol. The fraction of sp³-hybridized carbons (Fsp3) is 0.667. The number of nitrogens with one attached hydrogen (secondary N) is 1. The summed E-state index contributed by atoms with van der Waals surface area (Å²) in [6, 6.07) is 1.20. The highest BCUT2D eigenvalue weighted by atomic mass is 16.5. The van der Waals surface area contributed by atoms with Crippen molar-refractivity contribution in [1.82, 2.24) is 5.32 Å². The molecule has 0 heterocycles. The second-order valence-corrected chi connectivity index (χ2v) is 3.04. The van der Waals surface area contributed by atoms with Crippen molar-refractivity contribution in [3.05, 3.63) is 0 Å². The number of hydrogen-bond acceptors (Lipinski definition) is 4. The maximum atomic E-state index is 11.2. The lowest BCUT2D eigenvalue weighted by molar-refractivity contribution is -0.146. The molecule has 1 amide bonds. The molecule has 0 aliphatic heterocycles. The molecule has 5 nitrogen and oxygen atoms in total.